The summed E-state index contributed by atoms with van der Waals surface area (Å²) in [5.74, 6) is -5.28. The van der Waals surface area contributed by atoms with Crippen LogP contribution in [0.15, 0.2) is 54.6 Å². The van der Waals surface area contributed by atoms with Crippen molar-refractivity contribution >= 4 is 75.3 Å². The zero-order valence-electron chi connectivity index (χ0n) is 33.5. The van der Waals surface area contributed by atoms with Gasteiger partial charge in [0.1, 0.15) is 23.9 Å². The highest BCUT2D eigenvalue weighted by Crippen LogP contribution is 2.43. The molecule has 1 unspecified atom stereocenters. The highest BCUT2D eigenvalue weighted by molar-refractivity contribution is 7.81. The van der Waals surface area contributed by atoms with Gasteiger partial charge < -0.3 is 20.3 Å². The van der Waals surface area contributed by atoms with Gasteiger partial charge in [0.2, 0.25) is 17.7 Å². The van der Waals surface area contributed by atoms with Gasteiger partial charge in [-0.3, -0.25) is 39.2 Å². The van der Waals surface area contributed by atoms with Gasteiger partial charge >= 0.3 is 6.18 Å². The summed E-state index contributed by atoms with van der Waals surface area (Å²) in [6, 6.07) is 12.4. The van der Waals surface area contributed by atoms with Gasteiger partial charge in [-0.25, -0.2) is 8.78 Å². The van der Waals surface area contributed by atoms with Crippen molar-refractivity contribution in [1.82, 2.24) is 15.1 Å². The van der Waals surface area contributed by atoms with Crippen LogP contribution in [0.2, 0.25) is 5.02 Å². The number of carbonyl (C=O) groups is 4. The first-order chi connectivity index (χ1) is 28.6. The van der Waals surface area contributed by atoms with E-state index in [1.165, 1.54) is 43.0 Å². The fourth-order valence-electron chi connectivity index (χ4n) is 7.54. The molecule has 2 atom stereocenters. The normalized spacial score (nSPS) is 20.1. The van der Waals surface area contributed by atoms with E-state index in [1.807, 2.05) is 11.8 Å². The van der Waals surface area contributed by atoms with Gasteiger partial charge in [0, 0.05) is 67.7 Å². The molecule has 61 heavy (non-hydrogen) atoms. The summed E-state index contributed by atoms with van der Waals surface area (Å²) in [4.78, 5) is 56.7. The van der Waals surface area contributed by atoms with E-state index in [9.17, 15) is 37.6 Å². The van der Waals surface area contributed by atoms with E-state index in [0.717, 1.165) is 17.0 Å². The number of hydrogen-bond donors (Lipinski definition) is 3. The molecule has 0 bridgehead atoms. The number of nitriles is 1. The number of anilines is 4. The zero-order valence-corrected chi connectivity index (χ0v) is 35.0. The van der Waals surface area contributed by atoms with Crippen LogP contribution in [-0.4, -0.2) is 95.5 Å². The lowest BCUT2D eigenvalue weighted by molar-refractivity contribution is -0.138. The minimum Gasteiger partial charge on any atom is -0.492 e. The molecule has 0 radical (unpaired) electrons. The summed E-state index contributed by atoms with van der Waals surface area (Å²) >= 11 is 11.9. The number of amides is 4. The zero-order chi connectivity index (χ0) is 44.6. The van der Waals surface area contributed by atoms with E-state index < -0.39 is 52.2 Å². The number of ether oxygens (including phenoxy) is 1. The molecule has 3 saturated heterocycles. The molecule has 3 aliphatic rings. The highest BCUT2D eigenvalue weighted by atomic mass is 35.5. The number of nitrogens with zero attached hydrogens (tertiary/aromatic N) is 5. The standard InChI is InChI=1S/C41H42ClF5N8O5S/c1-23-21-52(11-12-53(23)22-35(57)50-27-16-25(42)15-26(17-27)49-32-8-10-34(56)51-36(32)58)13-14-60-33-9-7-29(19-31(33)40(4,43)44)55-38(61)54(37(59)39(55,2)3)28-6-5-24(20-48)30(18-28)41(45,46)47/h5-7,9,15-19,23,32,49H,8,10-14,21-22H2,1-4H3,(H,50,57)(H,51,56,58)/t23-,32?/m1/s1. The molecule has 3 aromatic rings. The van der Waals surface area contributed by atoms with Crippen LogP contribution < -0.4 is 30.5 Å². The van der Waals surface area contributed by atoms with E-state index in [0.29, 0.717) is 62.0 Å². The number of rotatable bonds is 12. The summed E-state index contributed by atoms with van der Waals surface area (Å²) in [5.41, 5.74) is -3.09. The number of halogens is 6. The summed E-state index contributed by atoms with van der Waals surface area (Å²) in [6.07, 6.45) is -4.37. The number of alkyl halides is 5. The van der Waals surface area contributed by atoms with Gasteiger partial charge in [0.15, 0.2) is 5.11 Å². The highest BCUT2D eigenvalue weighted by Gasteiger charge is 2.51. The second kappa shape index (κ2) is 17.5. The van der Waals surface area contributed by atoms with Crippen molar-refractivity contribution < 1.29 is 45.9 Å². The molecule has 6 rings (SSSR count). The molecule has 3 aromatic carbocycles. The molecule has 3 fully saturated rings. The van der Waals surface area contributed by atoms with Crippen molar-refractivity contribution in [2.45, 2.75) is 70.3 Å². The molecule has 0 spiro atoms. The van der Waals surface area contributed by atoms with Crippen molar-refractivity contribution in [1.29, 1.82) is 5.26 Å². The Morgan fingerprint density at radius 1 is 1.02 bits per heavy atom. The van der Waals surface area contributed by atoms with Crippen LogP contribution in [0.3, 0.4) is 0 Å². The molecule has 0 aliphatic carbocycles. The van der Waals surface area contributed by atoms with E-state index in [4.69, 9.17) is 28.6 Å². The quantitative estimate of drug-likeness (QED) is 0.104. The molecule has 324 valence electrons. The molecule has 20 heteroatoms. The average molecular weight is 889 g/mol. The third-order valence-electron chi connectivity index (χ3n) is 10.7. The van der Waals surface area contributed by atoms with Gasteiger partial charge in [-0.1, -0.05) is 11.6 Å². The van der Waals surface area contributed by atoms with Crippen LogP contribution in [0.4, 0.5) is 44.7 Å². The smallest absolute Gasteiger partial charge is 0.417 e. The number of hydrogen-bond acceptors (Lipinski definition) is 10. The van der Waals surface area contributed by atoms with Crippen molar-refractivity contribution in [3.63, 3.8) is 0 Å². The van der Waals surface area contributed by atoms with Crippen molar-refractivity contribution in [2.24, 2.45) is 0 Å². The molecule has 3 aliphatic heterocycles. The lowest BCUT2D eigenvalue weighted by Gasteiger charge is -2.39. The maximum atomic E-state index is 15.2. The maximum Gasteiger partial charge on any atom is 0.417 e. The maximum absolute atomic E-state index is 15.2. The third-order valence-corrected chi connectivity index (χ3v) is 11.3. The van der Waals surface area contributed by atoms with Crippen LogP contribution in [0.25, 0.3) is 0 Å². The van der Waals surface area contributed by atoms with Crippen LogP contribution in [0.1, 0.15) is 57.2 Å². The van der Waals surface area contributed by atoms with Crippen LogP contribution in [-0.2, 0) is 31.3 Å². The van der Waals surface area contributed by atoms with Crippen molar-refractivity contribution in [3.05, 3.63) is 76.3 Å². The number of piperazine rings is 1. The first kappa shape index (κ1) is 45.1. The van der Waals surface area contributed by atoms with E-state index in [-0.39, 0.29) is 59.7 Å². The Labute approximate surface area is 358 Å². The topological polar surface area (TPSA) is 150 Å². The van der Waals surface area contributed by atoms with Gasteiger partial charge in [-0.2, -0.15) is 18.4 Å². The van der Waals surface area contributed by atoms with Gasteiger partial charge in [-0.05, 0) is 94.0 Å². The van der Waals surface area contributed by atoms with Crippen molar-refractivity contribution in [2.75, 3.05) is 59.8 Å². The van der Waals surface area contributed by atoms with Gasteiger partial charge in [-0.15, -0.1) is 0 Å². The Hall–Kier alpha value is -5.42. The molecule has 3 N–H and O–H groups in total. The number of piperidine rings is 1. The Balaban J connectivity index is 1.06. The molecule has 0 saturated carbocycles. The molecular weight excluding hydrogens is 847 g/mol. The number of nitrogens with one attached hydrogen (secondary N) is 3. The number of carbonyl (C=O) groups excluding carboxylic acids is 4. The molecule has 13 nitrogen and oxygen atoms in total. The largest absolute Gasteiger partial charge is 0.492 e. The Kier molecular flexibility index (Phi) is 13.0. The summed E-state index contributed by atoms with van der Waals surface area (Å²) < 4.78 is 77.6. The molecule has 0 aromatic heterocycles. The molecule has 4 amide bonds. The molecule has 3 heterocycles. The lowest BCUT2D eigenvalue weighted by Crippen LogP contribution is -2.54. The summed E-state index contributed by atoms with van der Waals surface area (Å²) in [7, 11) is 0. The second-order valence-corrected chi connectivity index (χ2v) is 16.4. The fraction of sp³-hybridized carbons (Fsp3) is 0.415. The Morgan fingerprint density at radius 3 is 2.36 bits per heavy atom. The number of thiocarbonyl (C=S) groups is 1. The predicted octanol–water partition coefficient (Wildman–Crippen LogP) is 6.50. The van der Waals surface area contributed by atoms with Crippen molar-refractivity contribution in [3.8, 4) is 11.8 Å². The summed E-state index contributed by atoms with van der Waals surface area (Å²) in [6.45, 7) is 7.74. The lowest BCUT2D eigenvalue weighted by atomic mass is 10.0. The van der Waals surface area contributed by atoms with E-state index in [1.54, 1.807) is 18.2 Å². The first-order valence-electron chi connectivity index (χ1n) is 19.2. The Bertz CT molecular complexity index is 2300. The number of imide groups is 1. The van der Waals surface area contributed by atoms with Gasteiger partial charge in [0.25, 0.3) is 11.8 Å². The SMILES string of the molecule is C[C@@H]1CN(CCOc2ccc(N3C(=S)N(c4ccc(C#N)c(C(F)(F)F)c4)C(=O)C3(C)C)cc2C(C)(F)F)CCN1CC(=O)Nc1cc(Cl)cc(NC2CCC(=O)NC2=O)c1. The fourth-order valence-corrected chi connectivity index (χ4v) is 8.30. The summed E-state index contributed by atoms with van der Waals surface area (Å²) in [5, 5.41) is 17.5. The minimum atomic E-state index is -4.89. The van der Waals surface area contributed by atoms with Crippen LogP contribution in [0.5, 0.6) is 5.75 Å². The average Bonchev–Trinajstić information content (AvgIpc) is 3.34. The first-order valence-corrected chi connectivity index (χ1v) is 20.0. The van der Waals surface area contributed by atoms with Crippen LogP contribution >= 0.6 is 23.8 Å². The van der Waals surface area contributed by atoms with Gasteiger partial charge in [0.05, 0.1) is 35.0 Å². The minimum absolute atomic E-state index is 0.0414. The predicted molar refractivity (Wildman–Crippen MR) is 222 cm³/mol. The van der Waals surface area contributed by atoms with Crippen LogP contribution in [0, 0.1) is 11.3 Å². The van der Waals surface area contributed by atoms with E-state index in [2.05, 4.69) is 20.9 Å². The van der Waals surface area contributed by atoms with E-state index >= 15 is 8.78 Å². The monoisotopic (exact) mass is 888 g/mol. The third kappa shape index (κ3) is 10.0. The second-order valence-electron chi connectivity index (χ2n) is 15.6. The Morgan fingerprint density at radius 2 is 1.70 bits per heavy atom. The molecular formula is C41H42ClF5N8O5S. The number of benzene rings is 3.